The summed E-state index contributed by atoms with van der Waals surface area (Å²) in [6.07, 6.45) is 1.21. The van der Waals surface area contributed by atoms with Crippen molar-refractivity contribution >= 4 is 11.8 Å². The van der Waals surface area contributed by atoms with Gasteiger partial charge >= 0.3 is 0 Å². The summed E-state index contributed by atoms with van der Waals surface area (Å²) in [6, 6.07) is 9.00. The lowest BCUT2D eigenvalue weighted by Gasteiger charge is -2.12. The van der Waals surface area contributed by atoms with Crippen LogP contribution in [0.15, 0.2) is 24.3 Å². The van der Waals surface area contributed by atoms with Crippen molar-refractivity contribution in [3.8, 4) is 5.75 Å². The summed E-state index contributed by atoms with van der Waals surface area (Å²) in [5.74, 6) is 2.14. The molecule has 0 saturated carbocycles. The highest BCUT2D eigenvalue weighted by Gasteiger charge is 2.23. The molecule has 82 valence electrons. The Morgan fingerprint density at radius 2 is 2.13 bits per heavy atom. The van der Waals surface area contributed by atoms with Crippen LogP contribution >= 0.6 is 11.8 Å². The summed E-state index contributed by atoms with van der Waals surface area (Å²) in [6.45, 7) is 2.23. The molecule has 0 spiro atoms. The van der Waals surface area contributed by atoms with Gasteiger partial charge in [0.15, 0.2) is 0 Å². The monoisotopic (exact) mass is 223 g/mol. The number of hydrogen-bond acceptors (Lipinski definition) is 3. The largest absolute Gasteiger partial charge is 0.497 e. The molecular formula is C12H17NOS. The van der Waals surface area contributed by atoms with Gasteiger partial charge in [0.2, 0.25) is 0 Å². The standard InChI is InChI=1S/C12H17NOS/c1-3-10-8-15-12(13-10)9-4-6-11(14-2)7-5-9/h4-7,10,12-13H,3,8H2,1-2H3. The van der Waals surface area contributed by atoms with Crippen LogP contribution in [0.1, 0.15) is 24.3 Å². The lowest BCUT2D eigenvalue weighted by Crippen LogP contribution is -2.24. The van der Waals surface area contributed by atoms with Crippen molar-refractivity contribution in [2.75, 3.05) is 12.9 Å². The molecule has 3 heteroatoms. The molecule has 1 fully saturated rings. The molecule has 1 aliphatic rings. The van der Waals surface area contributed by atoms with E-state index in [1.165, 1.54) is 17.7 Å². The molecule has 1 aliphatic heterocycles. The third kappa shape index (κ3) is 2.47. The average molecular weight is 223 g/mol. The topological polar surface area (TPSA) is 21.3 Å². The molecule has 1 heterocycles. The molecule has 0 aromatic heterocycles. The molecule has 1 aromatic carbocycles. The van der Waals surface area contributed by atoms with E-state index in [1.54, 1.807) is 7.11 Å². The fourth-order valence-corrected chi connectivity index (χ4v) is 3.12. The molecule has 2 rings (SSSR count). The van der Waals surface area contributed by atoms with Crippen LogP contribution in [0.2, 0.25) is 0 Å². The molecule has 0 amide bonds. The number of rotatable bonds is 3. The normalized spacial score (nSPS) is 25.5. The van der Waals surface area contributed by atoms with Crippen LogP contribution in [0.3, 0.4) is 0 Å². The van der Waals surface area contributed by atoms with Crippen LogP contribution in [-0.2, 0) is 0 Å². The van der Waals surface area contributed by atoms with Crippen LogP contribution in [0.5, 0.6) is 5.75 Å². The molecule has 0 radical (unpaired) electrons. The molecule has 15 heavy (non-hydrogen) atoms. The second-order valence-electron chi connectivity index (χ2n) is 3.76. The van der Waals surface area contributed by atoms with E-state index in [9.17, 15) is 0 Å². The van der Waals surface area contributed by atoms with Gasteiger partial charge in [-0.2, -0.15) is 0 Å². The fraction of sp³-hybridized carbons (Fsp3) is 0.500. The number of methoxy groups -OCH3 is 1. The van der Waals surface area contributed by atoms with Gasteiger partial charge in [0.1, 0.15) is 5.75 Å². The van der Waals surface area contributed by atoms with E-state index in [0.29, 0.717) is 11.4 Å². The SMILES string of the molecule is CCC1CSC(c2ccc(OC)cc2)N1. The van der Waals surface area contributed by atoms with E-state index in [1.807, 2.05) is 23.9 Å². The molecule has 0 bridgehead atoms. The minimum atomic E-state index is 0.459. The van der Waals surface area contributed by atoms with Gasteiger partial charge in [-0.25, -0.2) is 0 Å². The Balaban J connectivity index is 2.04. The second kappa shape index (κ2) is 4.90. The minimum Gasteiger partial charge on any atom is -0.497 e. The lowest BCUT2D eigenvalue weighted by atomic mass is 10.2. The number of benzene rings is 1. The number of thioether (sulfide) groups is 1. The van der Waals surface area contributed by atoms with E-state index in [0.717, 1.165) is 5.75 Å². The summed E-state index contributed by atoms with van der Waals surface area (Å²) in [5, 5.41) is 4.08. The van der Waals surface area contributed by atoms with E-state index >= 15 is 0 Å². The molecule has 2 atom stereocenters. The van der Waals surface area contributed by atoms with Gasteiger partial charge in [0, 0.05) is 11.8 Å². The average Bonchev–Trinajstić information content (AvgIpc) is 2.78. The first kappa shape index (κ1) is 10.8. The smallest absolute Gasteiger partial charge is 0.118 e. The van der Waals surface area contributed by atoms with Crippen LogP contribution in [-0.4, -0.2) is 18.9 Å². The van der Waals surface area contributed by atoms with Gasteiger partial charge in [-0.1, -0.05) is 19.1 Å². The summed E-state index contributed by atoms with van der Waals surface area (Å²) in [7, 11) is 1.70. The van der Waals surface area contributed by atoms with Gasteiger partial charge in [0.05, 0.1) is 12.5 Å². The molecule has 2 nitrogen and oxygen atoms in total. The Kier molecular flexibility index (Phi) is 3.54. The van der Waals surface area contributed by atoms with Crippen LogP contribution in [0.4, 0.5) is 0 Å². The third-order valence-corrected chi connectivity index (χ3v) is 4.10. The lowest BCUT2D eigenvalue weighted by molar-refractivity contribution is 0.414. The highest BCUT2D eigenvalue weighted by molar-refractivity contribution is 7.99. The third-order valence-electron chi connectivity index (χ3n) is 2.76. The second-order valence-corrected chi connectivity index (χ2v) is 4.90. The maximum Gasteiger partial charge on any atom is 0.118 e. The molecular weight excluding hydrogens is 206 g/mol. The molecule has 1 saturated heterocycles. The van der Waals surface area contributed by atoms with Crippen molar-refractivity contribution in [2.24, 2.45) is 0 Å². The number of ether oxygens (including phenoxy) is 1. The maximum atomic E-state index is 5.15. The zero-order valence-electron chi connectivity index (χ0n) is 9.19. The van der Waals surface area contributed by atoms with Crippen molar-refractivity contribution in [3.63, 3.8) is 0 Å². The quantitative estimate of drug-likeness (QED) is 0.851. The van der Waals surface area contributed by atoms with Gasteiger partial charge in [-0.3, -0.25) is 5.32 Å². The zero-order valence-corrected chi connectivity index (χ0v) is 10.0. The van der Waals surface area contributed by atoms with E-state index in [-0.39, 0.29) is 0 Å². The Hall–Kier alpha value is -0.670. The Morgan fingerprint density at radius 1 is 1.40 bits per heavy atom. The molecule has 1 N–H and O–H groups in total. The van der Waals surface area contributed by atoms with Crippen LogP contribution in [0.25, 0.3) is 0 Å². The van der Waals surface area contributed by atoms with Gasteiger partial charge < -0.3 is 4.74 Å². The summed E-state index contributed by atoms with van der Waals surface area (Å²) >= 11 is 1.99. The predicted molar refractivity (Wildman–Crippen MR) is 65.4 cm³/mol. The highest BCUT2D eigenvalue weighted by atomic mass is 32.2. The van der Waals surface area contributed by atoms with Crippen LogP contribution < -0.4 is 10.1 Å². The molecule has 0 aliphatic carbocycles. The van der Waals surface area contributed by atoms with Crippen molar-refractivity contribution < 1.29 is 4.74 Å². The first-order chi connectivity index (χ1) is 7.33. The Labute approximate surface area is 95.4 Å². The highest BCUT2D eigenvalue weighted by Crippen LogP contribution is 2.34. The first-order valence-corrected chi connectivity index (χ1v) is 6.40. The van der Waals surface area contributed by atoms with Crippen molar-refractivity contribution in [3.05, 3.63) is 29.8 Å². The number of hydrogen-bond donors (Lipinski definition) is 1. The summed E-state index contributed by atoms with van der Waals surface area (Å²) in [4.78, 5) is 0. The Bertz CT molecular complexity index is 312. The van der Waals surface area contributed by atoms with E-state index in [2.05, 4.69) is 24.4 Å². The summed E-state index contributed by atoms with van der Waals surface area (Å²) < 4.78 is 5.15. The van der Waals surface area contributed by atoms with Crippen molar-refractivity contribution in [2.45, 2.75) is 24.8 Å². The predicted octanol–water partition coefficient (Wildman–Crippen LogP) is 2.81. The zero-order chi connectivity index (χ0) is 10.7. The van der Waals surface area contributed by atoms with Gasteiger partial charge in [-0.15, -0.1) is 11.8 Å². The van der Waals surface area contributed by atoms with Crippen molar-refractivity contribution in [1.82, 2.24) is 5.32 Å². The molecule has 1 aromatic rings. The summed E-state index contributed by atoms with van der Waals surface area (Å²) in [5.41, 5.74) is 1.34. The van der Waals surface area contributed by atoms with Gasteiger partial charge in [-0.05, 0) is 24.1 Å². The van der Waals surface area contributed by atoms with Crippen LogP contribution in [0, 0.1) is 0 Å². The van der Waals surface area contributed by atoms with E-state index < -0.39 is 0 Å². The Morgan fingerprint density at radius 3 is 2.67 bits per heavy atom. The first-order valence-electron chi connectivity index (χ1n) is 5.35. The van der Waals surface area contributed by atoms with Gasteiger partial charge in [0.25, 0.3) is 0 Å². The maximum absolute atomic E-state index is 5.15. The minimum absolute atomic E-state index is 0.459. The molecule has 2 unspecified atom stereocenters. The van der Waals surface area contributed by atoms with E-state index in [4.69, 9.17) is 4.74 Å². The number of nitrogens with one attached hydrogen (secondary N) is 1. The fourth-order valence-electron chi connectivity index (χ4n) is 1.73. The van der Waals surface area contributed by atoms with Crippen molar-refractivity contribution in [1.29, 1.82) is 0 Å².